The van der Waals surface area contributed by atoms with Crippen molar-refractivity contribution in [1.82, 2.24) is 15.4 Å². The topological polar surface area (TPSA) is 116 Å². The summed E-state index contributed by atoms with van der Waals surface area (Å²) in [6, 6.07) is 7.76. The Bertz CT molecular complexity index is 700. The van der Waals surface area contributed by atoms with Gasteiger partial charge in [0.05, 0.1) is 17.0 Å². The van der Waals surface area contributed by atoms with Crippen molar-refractivity contribution in [2.75, 3.05) is 5.73 Å². The third-order valence-corrected chi connectivity index (χ3v) is 3.52. The van der Waals surface area contributed by atoms with Crippen molar-refractivity contribution in [3.05, 3.63) is 46.8 Å². The van der Waals surface area contributed by atoms with Crippen LogP contribution in [0.25, 0.3) is 0 Å². The van der Waals surface area contributed by atoms with Crippen LogP contribution in [0.1, 0.15) is 47.3 Å². The fourth-order valence-corrected chi connectivity index (χ4v) is 2.33. The van der Waals surface area contributed by atoms with Crippen molar-refractivity contribution in [3.63, 3.8) is 0 Å². The molecule has 0 radical (unpaired) electrons. The number of amides is 1. The van der Waals surface area contributed by atoms with E-state index in [-0.39, 0.29) is 11.5 Å². The van der Waals surface area contributed by atoms with E-state index in [4.69, 9.17) is 16.3 Å². The van der Waals surface area contributed by atoms with Gasteiger partial charge in [-0.25, -0.2) is 15.8 Å². The van der Waals surface area contributed by atoms with Crippen molar-refractivity contribution in [2.45, 2.75) is 33.3 Å². The van der Waals surface area contributed by atoms with Gasteiger partial charge in [-0.2, -0.15) is 0 Å². The standard InChI is InChI=1S/C16H21N5O2/c1-4-11-5-7-12(8-6-11)23-10(3)14-13(15(22)21-18)9(2)19-16(17)20-14/h5-8,10H,4,18H2,1-3H3,(H,21,22)(H2,17,19,20). The number of nitrogen functional groups attached to an aromatic ring is 2. The summed E-state index contributed by atoms with van der Waals surface area (Å²) >= 11 is 0. The Morgan fingerprint density at radius 3 is 2.52 bits per heavy atom. The number of hydrogen-bond donors (Lipinski definition) is 3. The second kappa shape index (κ2) is 7.06. The maximum atomic E-state index is 12.0. The minimum atomic E-state index is -0.487. The molecule has 122 valence electrons. The SMILES string of the molecule is CCc1ccc(OC(C)c2nc(N)nc(C)c2C(=O)NN)cc1. The van der Waals surface area contributed by atoms with Gasteiger partial charge >= 0.3 is 0 Å². The fourth-order valence-electron chi connectivity index (χ4n) is 2.33. The third-order valence-electron chi connectivity index (χ3n) is 3.52. The highest BCUT2D eigenvalue weighted by atomic mass is 16.5. The summed E-state index contributed by atoms with van der Waals surface area (Å²) in [5.74, 6) is 5.53. The first-order valence-corrected chi connectivity index (χ1v) is 7.36. The number of ether oxygens (including phenoxy) is 1. The van der Waals surface area contributed by atoms with E-state index in [0.29, 0.717) is 17.1 Å². The molecule has 1 atom stereocenters. The van der Waals surface area contributed by atoms with Crippen LogP contribution in [0.15, 0.2) is 24.3 Å². The molecule has 0 bridgehead atoms. The predicted molar refractivity (Wildman–Crippen MR) is 87.7 cm³/mol. The van der Waals surface area contributed by atoms with Crippen LogP contribution in [0, 0.1) is 6.92 Å². The van der Waals surface area contributed by atoms with E-state index in [1.54, 1.807) is 13.8 Å². The summed E-state index contributed by atoms with van der Waals surface area (Å²) in [7, 11) is 0. The molecule has 1 unspecified atom stereocenters. The number of nitrogens with two attached hydrogens (primary N) is 2. The van der Waals surface area contributed by atoms with Crippen LogP contribution in [0.3, 0.4) is 0 Å². The van der Waals surface area contributed by atoms with Gasteiger partial charge in [0, 0.05) is 0 Å². The van der Waals surface area contributed by atoms with Crippen LogP contribution < -0.4 is 21.7 Å². The first-order valence-electron chi connectivity index (χ1n) is 7.36. The van der Waals surface area contributed by atoms with E-state index >= 15 is 0 Å². The number of anilines is 1. The molecule has 2 rings (SSSR count). The minimum Gasteiger partial charge on any atom is -0.484 e. The van der Waals surface area contributed by atoms with E-state index in [2.05, 4.69) is 22.3 Å². The molecule has 1 aromatic heterocycles. The van der Waals surface area contributed by atoms with E-state index < -0.39 is 12.0 Å². The Kier molecular flexibility index (Phi) is 5.13. The molecule has 0 aliphatic rings. The largest absolute Gasteiger partial charge is 0.484 e. The molecule has 0 saturated carbocycles. The number of nitrogens with zero attached hydrogens (tertiary/aromatic N) is 2. The Hall–Kier alpha value is -2.67. The molecule has 7 heteroatoms. The number of nitrogens with one attached hydrogen (secondary N) is 1. The molecule has 0 aliphatic carbocycles. The molecule has 1 amide bonds. The van der Waals surface area contributed by atoms with Crippen LogP contribution in [0.4, 0.5) is 5.95 Å². The van der Waals surface area contributed by atoms with Gasteiger partial charge < -0.3 is 10.5 Å². The predicted octanol–water partition coefficient (Wildman–Crippen LogP) is 1.67. The molecule has 1 heterocycles. The van der Waals surface area contributed by atoms with Gasteiger partial charge in [0.2, 0.25) is 5.95 Å². The van der Waals surface area contributed by atoms with Crippen molar-refractivity contribution in [2.24, 2.45) is 5.84 Å². The summed E-state index contributed by atoms with van der Waals surface area (Å²) in [4.78, 5) is 20.2. The Morgan fingerprint density at radius 1 is 1.30 bits per heavy atom. The van der Waals surface area contributed by atoms with Crippen LogP contribution in [-0.4, -0.2) is 15.9 Å². The number of carbonyl (C=O) groups excluding carboxylic acids is 1. The molecule has 0 saturated heterocycles. The van der Waals surface area contributed by atoms with E-state index in [1.807, 2.05) is 24.3 Å². The van der Waals surface area contributed by atoms with Crippen molar-refractivity contribution in [1.29, 1.82) is 0 Å². The molecule has 1 aromatic carbocycles. The zero-order valence-corrected chi connectivity index (χ0v) is 13.5. The van der Waals surface area contributed by atoms with E-state index in [0.717, 1.165) is 6.42 Å². The zero-order valence-electron chi connectivity index (χ0n) is 13.5. The van der Waals surface area contributed by atoms with Gasteiger partial charge in [0.1, 0.15) is 11.9 Å². The maximum Gasteiger partial charge on any atom is 0.269 e. The second-order valence-corrected chi connectivity index (χ2v) is 5.16. The molecule has 0 aliphatic heterocycles. The van der Waals surface area contributed by atoms with Gasteiger partial charge in [0.25, 0.3) is 5.91 Å². The number of carbonyl (C=O) groups is 1. The third kappa shape index (κ3) is 3.75. The quantitative estimate of drug-likeness (QED) is 0.439. The number of hydrogen-bond acceptors (Lipinski definition) is 6. The van der Waals surface area contributed by atoms with E-state index in [1.165, 1.54) is 5.56 Å². The number of benzene rings is 1. The molecule has 7 nitrogen and oxygen atoms in total. The van der Waals surface area contributed by atoms with Crippen LogP contribution >= 0.6 is 0 Å². The van der Waals surface area contributed by atoms with Crippen molar-refractivity contribution < 1.29 is 9.53 Å². The van der Waals surface area contributed by atoms with Gasteiger partial charge in [-0.1, -0.05) is 19.1 Å². The number of rotatable bonds is 5. The lowest BCUT2D eigenvalue weighted by atomic mass is 10.1. The summed E-state index contributed by atoms with van der Waals surface area (Å²) < 4.78 is 5.88. The van der Waals surface area contributed by atoms with E-state index in [9.17, 15) is 4.79 Å². The Morgan fingerprint density at radius 2 is 1.96 bits per heavy atom. The fraction of sp³-hybridized carbons (Fsp3) is 0.312. The van der Waals surface area contributed by atoms with Gasteiger partial charge in [0.15, 0.2) is 0 Å². The number of aryl methyl sites for hydroxylation is 2. The zero-order chi connectivity index (χ0) is 17.0. The number of hydrazine groups is 1. The summed E-state index contributed by atoms with van der Waals surface area (Å²) in [6.07, 6.45) is 0.469. The number of aromatic nitrogens is 2. The second-order valence-electron chi connectivity index (χ2n) is 5.16. The highest BCUT2D eigenvalue weighted by Crippen LogP contribution is 2.25. The summed E-state index contributed by atoms with van der Waals surface area (Å²) in [5.41, 5.74) is 10.1. The smallest absolute Gasteiger partial charge is 0.269 e. The normalized spacial score (nSPS) is 11.8. The van der Waals surface area contributed by atoms with Crippen LogP contribution in [-0.2, 0) is 6.42 Å². The highest BCUT2D eigenvalue weighted by molar-refractivity contribution is 5.96. The van der Waals surface area contributed by atoms with Gasteiger partial charge in [-0.3, -0.25) is 10.2 Å². The average molecular weight is 315 g/mol. The maximum absolute atomic E-state index is 12.0. The molecule has 0 spiro atoms. The van der Waals surface area contributed by atoms with Gasteiger partial charge in [-0.15, -0.1) is 0 Å². The van der Waals surface area contributed by atoms with Crippen LogP contribution in [0.2, 0.25) is 0 Å². The summed E-state index contributed by atoms with van der Waals surface area (Å²) in [6.45, 7) is 5.56. The lowest BCUT2D eigenvalue weighted by Gasteiger charge is -2.18. The highest BCUT2D eigenvalue weighted by Gasteiger charge is 2.22. The molecule has 23 heavy (non-hydrogen) atoms. The molecule has 5 N–H and O–H groups in total. The lowest BCUT2D eigenvalue weighted by molar-refractivity contribution is 0.0946. The summed E-state index contributed by atoms with van der Waals surface area (Å²) in [5, 5.41) is 0. The Balaban J connectivity index is 2.33. The van der Waals surface area contributed by atoms with Gasteiger partial charge in [-0.05, 0) is 38.0 Å². The monoisotopic (exact) mass is 315 g/mol. The van der Waals surface area contributed by atoms with Crippen molar-refractivity contribution >= 4 is 11.9 Å². The lowest BCUT2D eigenvalue weighted by Crippen LogP contribution is -2.33. The molecule has 2 aromatic rings. The van der Waals surface area contributed by atoms with Crippen molar-refractivity contribution in [3.8, 4) is 5.75 Å². The molecule has 0 fully saturated rings. The first-order chi connectivity index (χ1) is 11.0. The first kappa shape index (κ1) is 16.7. The average Bonchev–Trinajstić information content (AvgIpc) is 2.54. The van der Waals surface area contributed by atoms with Crippen LogP contribution in [0.5, 0.6) is 5.75 Å². The Labute approximate surface area is 135 Å². The minimum absolute atomic E-state index is 0.0860. The molecular formula is C16H21N5O2. The molecular weight excluding hydrogens is 294 g/mol.